The Morgan fingerprint density at radius 1 is 1.24 bits per heavy atom. The van der Waals surface area contributed by atoms with E-state index in [2.05, 4.69) is 21.6 Å². The molecule has 0 unspecified atom stereocenters. The van der Waals surface area contributed by atoms with Gasteiger partial charge in [-0.15, -0.1) is 0 Å². The molecule has 1 heterocycles. The molecule has 3 nitrogen and oxygen atoms in total. The summed E-state index contributed by atoms with van der Waals surface area (Å²) >= 11 is 0. The lowest BCUT2D eigenvalue weighted by molar-refractivity contribution is 0.303. The summed E-state index contributed by atoms with van der Waals surface area (Å²) in [6, 6.07) is 8.13. The van der Waals surface area contributed by atoms with E-state index in [4.69, 9.17) is 0 Å². The van der Waals surface area contributed by atoms with Crippen LogP contribution < -0.4 is 5.32 Å². The number of nitrogens with one attached hydrogen (secondary N) is 1. The van der Waals surface area contributed by atoms with Gasteiger partial charge in [-0.05, 0) is 18.4 Å². The molecule has 1 aromatic carbocycles. The maximum atomic E-state index is 4.12. The Kier molecular flexibility index (Phi) is 2.90. The first-order chi connectivity index (χ1) is 8.43. The summed E-state index contributed by atoms with van der Waals surface area (Å²) in [6.07, 6.45) is 7.35. The Hall–Kier alpha value is -1.64. The van der Waals surface area contributed by atoms with E-state index in [0.29, 0.717) is 0 Å². The van der Waals surface area contributed by atoms with Gasteiger partial charge in [0.1, 0.15) is 0 Å². The number of nitrogens with zero attached hydrogens (tertiary/aromatic N) is 2. The predicted molar refractivity (Wildman–Crippen MR) is 70.0 cm³/mol. The minimum absolute atomic E-state index is 0.948. The van der Waals surface area contributed by atoms with E-state index < -0.39 is 0 Å². The summed E-state index contributed by atoms with van der Waals surface area (Å²) in [6.45, 7) is 1.04. The molecule has 88 valence electrons. The van der Waals surface area contributed by atoms with Gasteiger partial charge in [-0.1, -0.05) is 37.5 Å². The van der Waals surface area contributed by atoms with Crippen molar-refractivity contribution in [3.05, 3.63) is 30.5 Å². The molecule has 1 aromatic heterocycles. The Morgan fingerprint density at radius 3 is 2.94 bits per heavy atom. The summed E-state index contributed by atoms with van der Waals surface area (Å²) in [5.41, 5.74) is 2.07. The van der Waals surface area contributed by atoms with Crippen molar-refractivity contribution < 1.29 is 0 Å². The quantitative estimate of drug-likeness (QED) is 0.871. The van der Waals surface area contributed by atoms with Crippen molar-refractivity contribution in [2.75, 3.05) is 11.9 Å². The van der Waals surface area contributed by atoms with Crippen LogP contribution in [0.25, 0.3) is 10.9 Å². The molecule has 0 aliphatic heterocycles. The number of benzene rings is 1. The summed E-state index contributed by atoms with van der Waals surface area (Å²) in [5.74, 6) is 0.948. The highest BCUT2D eigenvalue weighted by atomic mass is 15.1. The molecule has 1 N–H and O–H groups in total. The standard InChI is InChI=1S/C14H17N3/c1-2-7-13-12(6-1)14(10-16-17-13)15-9-8-11-4-3-5-11/h1-2,6-7,10-11H,3-5,8-9H2,(H,15,17). The van der Waals surface area contributed by atoms with Crippen LogP contribution >= 0.6 is 0 Å². The highest BCUT2D eigenvalue weighted by molar-refractivity contribution is 5.90. The van der Waals surface area contributed by atoms with E-state index in [1.165, 1.54) is 25.7 Å². The van der Waals surface area contributed by atoms with E-state index >= 15 is 0 Å². The Morgan fingerprint density at radius 2 is 2.12 bits per heavy atom. The number of hydrogen-bond acceptors (Lipinski definition) is 3. The van der Waals surface area contributed by atoms with E-state index in [1.807, 2.05) is 24.4 Å². The first-order valence-corrected chi connectivity index (χ1v) is 6.38. The number of aromatic nitrogens is 2. The lowest BCUT2D eigenvalue weighted by atomic mass is 9.83. The second-order valence-corrected chi connectivity index (χ2v) is 4.79. The molecule has 0 spiro atoms. The van der Waals surface area contributed by atoms with Gasteiger partial charge >= 0.3 is 0 Å². The zero-order valence-corrected chi connectivity index (χ0v) is 9.89. The van der Waals surface area contributed by atoms with Crippen LogP contribution in [-0.4, -0.2) is 16.7 Å². The third kappa shape index (κ3) is 2.23. The predicted octanol–water partition coefficient (Wildman–Crippen LogP) is 3.23. The zero-order chi connectivity index (χ0) is 11.5. The van der Waals surface area contributed by atoms with Crippen LogP contribution in [0.5, 0.6) is 0 Å². The summed E-state index contributed by atoms with van der Waals surface area (Å²) < 4.78 is 0. The molecule has 0 amide bonds. The fraction of sp³-hybridized carbons (Fsp3) is 0.429. The van der Waals surface area contributed by atoms with Crippen LogP contribution in [0.15, 0.2) is 30.5 Å². The third-order valence-electron chi connectivity index (χ3n) is 3.64. The van der Waals surface area contributed by atoms with Crippen LogP contribution in [0.4, 0.5) is 5.69 Å². The van der Waals surface area contributed by atoms with Gasteiger partial charge in [0, 0.05) is 11.9 Å². The summed E-state index contributed by atoms with van der Waals surface area (Å²) in [4.78, 5) is 0. The van der Waals surface area contributed by atoms with Gasteiger partial charge in [0.2, 0.25) is 0 Å². The van der Waals surface area contributed by atoms with Crippen LogP contribution in [0.2, 0.25) is 0 Å². The third-order valence-corrected chi connectivity index (χ3v) is 3.64. The van der Waals surface area contributed by atoms with Gasteiger partial charge in [-0.2, -0.15) is 10.2 Å². The summed E-state index contributed by atoms with van der Waals surface area (Å²) in [7, 11) is 0. The molecule has 1 saturated carbocycles. The van der Waals surface area contributed by atoms with Crippen LogP contribution in [0.1, 0.15) is 25.7 Å². The lowest BCUT2D eigenvalue weighted by Gasteiger charge is -2.25. The van der Waals surface area contributed by atoms with Crippen molar-refractivity contribution in [2.45, 2.75) is 25.7 Å². The van der Waals surface area contributed by atoms with Gasteiger partial charge in [-0.25, -0.2) is 0 Å². The monoisotopic (exact) mass is 227 g/mol. The molecule has 17 heavy (non-hydrogen) atoms. The molecular formula is C14H17N3. The van der Waals surface area contributed by atoms with Gasteiger partial charge in [0.25, 0.3) is 0 Å². The van der Waals surface area contributed by atoms with Crippen LogP contribution in [0, 0.1) is 5.92 Å². The molecule has 0 saturated heterocycles. The molecule has 3 rings (SSSR count). The number of fused-ring (bicyclic) bond motifs is 1. The van der Waals surface area contributed by atoms with Gasteiger partial charge in [0.15, 0.2) is 0 Å². The Bertz CT molecular complexity index is 500. The van der Waals surface area contributed by atoms with Crippen molar-refractivity contribution in [1.82, 2.24) is 10.2 Å². The van der Waals surface area contributed by atoms with Crippen molar-refractivity contribution in [3.63, 3.8) is 0 Å². The van der Waals surface area contributed by atoms with E-state index in [-0.39, 0.29) is 0 Å². The van der Waals surface area contributed by atoms with Crippen LogP contribution in [0.3, 0.4) is 0 Å². The SMILES string of the molecule is c1ccc2c(NCCC3CCC3)cnnc2c1. The van der Waals surface area contributed by atoms with Crippen molar-refractivity contribution >= 4 is 16.6 Å². The molecule has 0 radical (unpaired) electrons. The molecular weight excluding hydrogens is 210 g/mol. The first-order valence-electron chi connectivity index (χ1n) is 6.38. The normalized spacial score (nSPS) is 15.8. The second-order valence-electron chi connectivity index (χ2n) is 4.79. The maximum absolute atomic E-state index is 4.12. The van der Waals surface area contributed by atoms with E-state index in [1.54, 1.807) is 0 Å². The maximum Gasteiger partial charge on any atom is 0.0950 e. The molecule has 0 atom stereocenters. The molecule has 1 aliphatic rings. The molecule has 0 bridgehead atoms. The number of rotatable bonds is 4. The topological polar surface area (TPSA) is 37.8 Å². The second kappa shape index (κ2) is 4.70. The fourth-order valence-electron chi connectivity index (χ4n) is 2.34. The van der Waals surface area contributed by atoms with Crippen molar-refractivity contribution in [1.29, 1.82) is 0 Å². The number of hydrogen-bond donors (Lipinski definition) is 1. The average molecular weight is 227 g/mol. The van der Waals surface area contributed by atoms with E-state index in [9.17, 15) is 0 Å². The van der Waals surface area contributed by atoms with Crippen molar-refractivity contribution in [2.24, 2.45) is 5.92 Å². The minimum atomic E-state index is 0.948. The highest BCUT2D eigenvalue weighted by Gasteiger charge is 2.16. The molecule has 3 heteroatoms. The fourth-order valence-corrected chi connectivity index (χ4v) is 2.34. The number of anilines is 1. The van der Waals surface area contributed by atoms with Gasteiger partial charge < -0.3 is 5.32 Å². The van der Waals surface area contributed by atoms with Crippen molar-refractivity contribution in [3.8, 4) is 0 Å². The molecule has 1 aliphatic carbocycles. The first kappa shape index (κ1) is 10.5. The van der Waals surface area contributed by atoms with Gasteiger partial charge in [0.05, 0.1) is 17.4 Å². The highest BCUT2D eigenvalue weighted by Crippen LogP contribution is 2.29. The van der Waals surface area contributed by atoms with Gasteiger partial charge in [-0.3, -0.25) is 0 Å². The smallest absolute Gasteiger partial charge is 0.0950 e. The zero-order valence-electron chi connectivity index (χ0n) is 9.89. The summed E-state index contributed by atoms with van der Waals surface area (Å²) in [5, 5.41) is 12.8. The average Bonchev–Trinajstić information content (AvgIpc) is 2.32. The lowest BCUT2D eigenvalue weighted by Crippen LogP contribution is -2.15. The molecule has 1 fully saturated rings. The van der Waals surface area contributed by atoms with Crippen LogP contribution in [-0.2, 0) is 0 Å². The molecule has 2 aromatic rings. The Labute approximate surface area is 101 Å². The minimum Gasteiger partial charge on any atom is -0.383 e. The largest absolute Gasteiger partial charge is 0.383 e. The van der Waals surface area contributed by atoms with E-state index in [0.717, 1.165) is 29.1 Å². The Balaban J connectivity index is 1.71.